The molecule has 98 valence electrons. The number of rotatable bonds is 9. The molecule has 0 atom stereocenters. The summed E-state index contributed by atoms with van der Waals surface area (Å²) in [6, 6.07) is 0. The zero-order valence-electron chi connectivity index (χ0n) is 10.2. The van der Waals surface area contributed by atoms with Gasteiger partial charge in [-0.1, -0.05) is 6.58 Å². The van der Waals surface area contributed by atoms with E-state index in [1.807, 2.05) is 0 Å². The minimum atomic E-state index is -0.444. The van der Waals surface area contributed by atoms with Crippen molar-refractivity contribution in [2.45, 2.75) is 6.92 Å². The first kappa shape index (κ1) is 15.6. The Balaban J connectivity index is 3.27. The van der Waals surface area contributed by atoms with E-state index in [4.69, 9.17) is 14.2 Å². The third-order valence-corrected chi connectivity index (χ3v) is 1.56. The van der Waals surface area contributed by atoms with Gasteiger partial charge in [0, 0.05) is 12.7 Å². The van der Waals surface area contributed by atoms with Crippen molar-refractivity contribution in [1.82, 2.24) is 0 Å². The summed E-state index contributed by atoms with van der Waals surface area (Å²) in [7, 11) is 1.41. The molecule has 0 aliphatic carbocycles. The first-order valence-corrected chi connectivity index (χ1v) is 5.13. The fourth-order valence-corrected chi connectivity index (χ4v) is 0.792. The van der Waals surface area contributed by atoms with E-state index in [0.717, 1.165) is 0 Å². The Morgan fingerprint density at radius 3 is 2.18 bits per heavy atom. The molecule has 0 saturated heterocycles. The highest BCUT2D eigenvalue weighted by Gasteiger charge is 2.02. The standard InChI is InChI=1S/C11H18O6/c1-9(2)11(13)17-7-5-15-4-6-16-10(12)8-14-3/h1,4-8H2,2-3H3. The molecule has 0 fully saturated rings. The SMILES string of the molecule is C=C(C)C(=O)OCCOCCOC(=O)COC. The third kappa shape index (κ3) is 9.52. The van der Waals surface area contributed by atoms with E-state index in [-0.39, 0.29) is 33.0 Å². The van der Waals surface area contributed by atoms with E-state index >= 15 is 0 Å². The first-order valence-electron chi connectivity index (χ1n) is 5.13. The van der Waals surface area contributed by atoms with Gasteiger partial charge in [0.15, 0.2) is 0 Å². The summed E-state index contributed by atoms with van der Waals surface area (Å²) in [4.78, 5) is 21.7. The van der Waals surface area contributed by atoms with E-state index in [2.05, 4.69) is 11.3 Å². The van der Waals surface area contributed by atoms with Crippen molar-refractivity contribution in [3.63, 3.8) is 0 Å². The summed E-state index contributed by atoms with van der Waals surface area (Å²) in [6.07, 6.45) is 0. The lowest BCUT2D eigenvalue weighted by Gasteiger charge is -2.06. The number of hydrogen-bond donors (Lipinski definition) is 0. The number of carbonyl (C=O) groups excluding carboxylic acids is 2. The largest absolute Gasteiger partial charge is 0.462 e. The normalized spacial score (nSPS) is 9.76. The van der Waals surface area contributed by atoms with E-state index in [1.54, 1.807) is 6.92 Å². The van der Waals surface area contributed by atoms with Crippen molar-refractivity contribution >= 4 is 11.9 Å². The van der Waals surface area contributed by atoms with Gasteiger partial charge < -0.3 is 18.9 Å². The van der Waals surface area contributed by atoms with Crippen molar-refractivity contribution in [1.29, 1.82) is 0 Å². The molecular formula is C11H18O6. The van der Waals surface area contributed by atoms with Gasteiger partial charge in [0.05, 0.1) is 13.2 Å². The van der Waals surface area contributed by atoms with Crippen LogP contribution in [0.15, 0.2) is 12.2 Å². The average molecular weight is 246 g/mol. The van der Waals surface area contributed by atoms with E-state index in [9.17, 15) is 9.59 Å². The van der Waals surface area contributed by atoms with Gasteiger partial charge in [-0.25, -0.2) is 9.59 Å². The van der Waals surface area contributed by atoms with Gasteiger partial charge in [-0.15, -0.1) is 0 Å². The highest BCUT2D eigenvalue weighted by atomic mass is 16.6. The van der Waals surface area contributed by atoms with E-state index in [1.165, 1.54) is 7.11 Å². The predicted octanol–water partition coefficient (Wildman–Crippen LogP) is 0.312. The number of carbonyl (C=O) groups is 2. The number of hydrogen-bond acceptors (Lipinski definition) is 6. The highest BCUT2D eigenvalue weighted by molar-refractivity contribution is 5.86. The average Bonchev–Trinajstić information content (AvgIpc) is 2.27. The van der Waals surface area contributed by atoms with Gasteiger partial charge in [-0.3, -0.25) is 0 Å². The second kappa shape index (κ2) is 9.80. The molecule has 6 nitrogen and oxygen atoms in total. The summed E-state index contributed by atoms with van der Waals surface area (Å²) in [5.41, 5.74) is 0.346. The van der Waals surface area contributed by atoms with Gasteiger partial charge >= 0.3 is 11.9 Å². The zero-order chi connectivity index (χ0) is 13.1. The molecule has 0 aliphatic heterocycles. The lowest BCUT2D eigenvalue weighted by Crippen LogP contribution is -2.16. The monoisotopic (exact) mass is 246 g/mol. The Morgan fingerprint density at radius 1 is 1.06 bits per heavy atom. The topological polar surface area (TPSA) is 71.1 Å². The highest BCUT2D eigenvalue weighted by Crippen LogP contribution is 1.91. The molecule has 6 heteroatoms. The summed E-state index contributed by atoms with van der Waals surface area (Å²) in [6.45, 7) is 5.73. The molecule has 0 aromatic heterocycles. The Hall–Kier alpha value is -1.40. The van der Waals surface area contributed by atoms with Gasteiger partial charge in [-0.2, -0.15) is 0 Å². The van der Waals surface area contributed by atoms with Gasteiger partial charge in [-0.05, 0) is 6.92 Å². The molecule has 0 saturated carbocycles. The molecule has 0 radical (unpaired) electrons. The van der Waals surface area contributed by atoms with Crippen LogP contribution < -0.4 is 0 Å². The second-order valence-corrected chi connectivity index (χ2v) is 3.18. The fraction of sp³-hybridized carbons (Fsp3) is 0.636. The molecule has 0 rings (SSSR count). The molecule has 0 spiro atoms. The van der Waals surface area contributed by atoms with Gasteiger partial charge in [0.1, 0.15) is 19.8 Å². The maximum Gasteiger partial charge on any atom is 0.333 e. The van der Waals surface area contributed by atoms with Crippen LogP contribution in [0, 0.1) is 0 Å². The molecule has 17 heavy (non-hydrogen) atoms. The lowest BCUT2D eigenvalue weighted by atomic mass is 10.4. The molecule has 0 aliphatic rings. The third-order valence-electron chi connectivity index (χ3n) is 1.56. The van der Waals surface area contributed by atoms with Crippen LogP contribution in [0.25, 0.3) is 0 Å². The number of ether oxygens (including phenoxy) is 4. The molecule has 0 N–H and O–H groups in total. The summed E-state index contributed by atoms with van der Waals surface area (Å²) in [5.74, 6) is -0.884. The van der Waals surface area contributed by atoms with Crippen LogP contribution in [0.1, 0.15) is 6.92 Å². The second-order valence-electron chi connectivity index (χ2n) is 3.18. The van der Waals surface area contributed by atoms with Crippen LogP contribution in [0.4, 0.5) is 0 Å². The first-order chi connectivity index (χ1) is 8.07. The molecule has 0 aromatic carbocycles. The molecule has 0 bridgehead atoms. The quantitative estimate of drug-likeness (QED) is 0.331. The van der Waals surface area contributed by atoms with Crippen molar-refractivity contribution < 1.29 is 28.5 Å². The van der Waals surface area contributed by atoms with Crippen molar-refractivity contribution in [2.24, 2.45) is 0 Å². The Kier molecular flexibility index (Phi) is 8.99. The van der Waals surface area contributed by atoms with Crippen LogP contribution in [0.2, 0.25) is 0 Å². The summed E-state index contributed by atoms with van der Waals surface area (Å²) < 4.78 is 19.2. The zero-order valence-corrected chi connectivity index (χ0v) is 10.2. The summed E-state index contributed by atoms with van der Waals surface area (Å²) in [5, 5.41) is 0. The molecule has 0 aromatic rings. The summed E-state index contributed by atoms with van der Waals surface area (Å²) >= 11 is 0. The molecule has 0 amide bonds. The van der Waals surface area contributed by atoms with E-state index in [0.29, 0.717) is 5.57 Å². The van der Waals surface area contributed by atoms with Crippen LogP contribution in [0.5, 0.6) is 0 Å². The van der Waals surface area contributed by atoms with Crippen molar-refractivity contribution in [3.05, 3.63) is 12.2 Å². The van der Waals surface area contributed by atoms with Crippen LogP contribution in [-0.4, -0.2) is 52.1 Å². The lowest BCUT2D eigenvalue weighted by molar-refractivity contribution is -0.149. The van der Waals surface area contributed by atoms with Gasteiger partial charge in [0.25, 0.3) is 0 Å². The number of methoxy groups -OCH3 is 1. The fourth-order valence-electron chi connectivity index (χ4n) is 0.792. The van der Waals surface area contributed by atoms with Crippen LogP contribution in [-0.2, 0) is 28.5 Å². The predicted molar refractivity (Wildman–Crippen MR) is 59.4 cm³/mol. The minimum absolute atomic E-state index is 0.0732. The molecule has 0 heterocycles. The Bertz CT molecular complexity index is 261. The molecule has 0 unspecified atom stereocenters. The van der Waals surface area contributed by atoms with Crippen LogP contribution >= 0.6 is 0 Å². The van der Waals surface area contributed by atoms with Crippen molar-refractivity contribution in [3.8, 4) is 0 Å². The van der Waals surface area contributed by atoms with Crippen molar-refractivity contribution in [2.75, 3.05) is 40.1 Å². The van der Waals surface area contributed by atoms with Crippen LogP contribution in [0.3, 0.4) is 0 Å². The minimum Gasteiger partial charge on any atom is -0.462 e. The smallest absolute Gasteiger partial charge is 0.333 e. The Morgan fingerprint density at radius 2 is 1.65 bits per heavy atom. The van der Waals surface area contributed by atoms with Gasteiger partial charge in [0.2, 0.25) is 0 Å². The number of esters is 2. The maximum absolute atomic E-state index is 10.9. The maximum atomic E-state index is 10.9. The molecular weight excluding hydrogens is 228 g/mol. The Labute approximate surface area is 100 Å². The van der Waals surface area contributed by atoms with E-state index < -0.39 is 11.9 Å².